The normalized spacial score (nSPS) is 30.0. The molecule has 1 heterocycles. The predicted molar refractivity (Wildman–Crippen MR) is 54.3 cm³/mol. The fourth-order valence-electron chi connectivity index (χ4n) is 1.72. The van der Waals surface area contributed by atoms with Crippen molar-refractivity contribution in [3.05, 3.63) is 23.9 Å². The Bertz CT molecular complexity index is 261. The topological polar surface area (TPSA) is 66.6 Å². The SMILES string of the molecule is CN1C(O)CCC1C(C=O)=CC=CN. The fraction of sp³-hybridized carbons (Fsp3) is 0.500. The summed E-state index contributed by atoms with van der Waals surface area (Å²) < 4.78 is 0. The number of allylic oxidation sites excluding steroid dienone is 2. The molecule has 1 saturated heterocycles. The van der Waals surface area contributed by atoms with Crippen LogP contribution in [0.5, 0.6) is 0 Å². The molecule has 0 amide bonds. The van der Waals surface area contributed by atoms with Gasteiger partial charge in [-0.3, -0.25) is 9.69 Å². The Kier molecular flexibility index (Phi) is 3.85. The van der Waals surface area contributed by atoms with Crippen molar-refractivity contribution in [3.8, 4) is 0 Å². The van der Waals surface area contributed by atoms with Crippen molar-refractivity contribution in [3.63, 3.8) is 0 Å². The van der Waals surface area contributed by atoms with Gasteiger partial charge in [0, 0.05) is 11.6 Å². The fourth-order valence-corrected chi connectivity index (χ4v) is 1.72. The molecule has 0 radical (unpaired) electrons. The first-order valence-corrected chi connectivity index (χ1v) is 4.64. The van der Waals surface area contributed by atoms with Crippen LogP contribution < -0.4 is 5.73 Å². The van der Waals surface area contributed by atoms with Crippen LogP contribution >= 0.6 is 0 Å². The summed E-state index contributed by atoms with van der Waals surface area (Å²) >= 11 is 0. The van der Waals surface area contributed by atoms with Gasteiger partial charge in [0.2, 0.25) is 0 Å². The standard InChI is InChI=1S/C10H16N2O2/c1-12-9(4-5-10(12)14)8(7-13)3-2-6-11/h2-3,6-7,9-10,14H,4-5,11H2,1H3. The molecule has 0 aromatic rings. The molecule has 3 N–H and O–H groups in total. The molecule has 0 aromatic carbocycles. The van der Waals surface area contributed by atoms with Gasteiger partial charge in [0.1, 0.15) is 12.5 Å². The van der Waals surface area contributed by atoms with Gasteiger partial charge in [-0.15, -0.1) is 0 Å². The Hall–Kier alpha value is -1.13. The molecule has 1 aliphatic rings. The molecule has 1 fully saturated rings. The van der Waals surface area contributed by atoms with Crippen LogP contribution in [0.15, 0.2) is 23.9 Å². The smallest absolute Gasteiger partial charge is 0.147 e. The zero-order valence-corrected chi connectivity index (χ0v) is 8.26. The van der Waals surface area contributed by atoms with E-state index in [1.807, 2.05) is 7.05 Å². The third-order valence-electron chi connectivity index (χ3n) is 2.58. The van der Waals surface area contributed by atoms with Crippen molar-refractivity contribution in [1.29, 1.82) is 0 Å². The molecule has 0 spiro atoms. The largest absolute Gasteiger partial charge is 0.405 e. The molecule has 2 atom stereocenters. The molecule has 0 saturated carbocycles. The summed E-state index contributed by atoms with van der Waals surface area (Å²) in [6, 6.07) is 0.0127. The zero-order valence-electron chi connectivity index (χ0n) is 8.26. The molecule has 1 aliphatic heterocycles. The minimum Gasteiger partial charge on any atom is -0.405 e. The third-order valence-corrected chi connectivity index (χ3v) is 2.58. The number of likely N-dealkylation sites (tertiary alicyclic amines) is 1. The monoisotopic (exact) mass is 196 g/mol. The maximum atomic E-state index is 10.8. The van der Waals surface area contributed by atoms with Gasteiger partial charge < -0.3 is 10.8 Å². The lowest BCUT2D eigenvalue weighted by Gasteiger charge is -2.21. The van der Waals surface area contributed by atoms with E-state index in [-0.39, 0.29) is 6.04 Å². The van der Waals surface area contributed by atoms with Gasteiger partial charge in [-0.25, -0.2) is 0 Å². The maximum Gasteiger partial charge on any atom is 0.147 e. The van der Waals surface area contributed by atoms with E-state index in [1.165, 1.54) is 6.20 Å². The van der Waals surface area contributed by atoms with Crippen molar-refractivity contribution >= 4 is 6.29 Å². The average molecular weight is 196 g/mol. The Morgan fingerprint density at radius 3 is 2.71 bits per heavy atom. The van der Waals surface area contributed by atoms with Crippen LogP contribution in [0.2, 0.25) is 0 Å². The Morgan fingerprint density at radius 1 is 1.57 bits per heavy atom. The number of nitrogens with two attached hydrogens (primary N) is 1. The van der Waals surface area contributed by atoms with Gasteiger partial charge in [-0.05, 0) is 32.2 Å². The summed E-state index contributed by atoms with van der Waals surface area (Å²) in [5.41, 5.74) is 5.85. The number of rotatable bonds is 3. The van der Waals surface area contributed by atoms with Crippen molar-refractivity contribution in [2.45, 2.75) is 25.1 Å². The van der Waals surface area contributed by atoms with E-state index in [2.05, 4.69) is 0 Å². The molecule has 14 heavy (non-hydrogen) atoms. The summed E-state index contributed by atoms with van der Waals surface area (Å²) in [5, 5.41) is 9.48. The minimum absolute atomic E-state index is 0.0127. The Morgan fingerprint density at radius 2 is 2.29 bits per heavy atom. The van der Waals surface area contributed by atoms with E-state index in [4.69, 9.17) is 5.73 Å². The van der Waals surface area contributed by atoms with Crippen LogP contribution in [0.3, 0.4) is 0 Å². The lowest BCUT2D eigenvalue weighted by Crippen LogP contribution is -2.33. The molecule has 2 unspecified atom stereocenters. The van der Waals surface area contributed by atoms with Crippen LogP contribution in [-0.2, 0) is 4.79 Å². The predicted octanol–water partition coefficient (Wildman–Crippen LogP) is -0.00330. The number of hydrogen-bond donors (Lipinski definition) is 2. The van der Waals surface area contributed by atoms with E-state index >= 15 is 0 Å². The number of aliphatic hydroxyl groups excluding tert-OH is 1. The van der Waals surface area contributed by atoms with Crippen molar-refractivity contribution < 1.29 is 9.90 Å². The number of hydrogen-bond acceptors (Lipinski definition) is 4. The number of likely N-dealkylation sites (N-methyl/N-ethyl adjacent to an activating group) is 1. The van der Waals surface area contributed by atoms with Gasteiger partial charge in [0.05, 0.1) is 0 Å². The van der Waals surface area contributed by atoms with Gasteiger partial charge >= 0.3 is 0 Å². The second-order valence-corrected chi connectivity index (χ2v) is 3.41. The van der Waals surface area contributed by atoms with Crippen molar-refractivity contribution in [1.82, 2.24) is 4.90 Å². The van der Waals surface area contributed by atoms with E-state index in [9.17, 15) is 9.90 Å². The number of aldehydes is 1. The second-order valence-electron chi connectivity index (χ2n) is 3.41. The summed E-state index contributed by atoms with van der Waals surface area (Å²) in [4.78, 5) is 12.6. The van der Waals surface area contributed by atoms with E-state index in [1.54, 1.807) is 17.1 Å². The molecule has 4 nitrogen and oxygen atoms in total. The van der Waals surface area contributed by atoms with Crippen LogP contribution in [0.4, 0.5) is 0 Å². The van der Waals surface area contributed by atoms with Gasteiger partial charge in [0.15, 0.2) is 0 Å². The molecule has 0 aliphatic carbocycles. The van der Waals surface area contributed by atoms with E-state index < -0.39 is 6.23 Å². The molecular weight excluding hydrogens is 180 g/mol. The molecule has 1 rings (SSSR count). The average Bonchev–Trinajstić information content (AvgIpc) is 2.51. The molecular formula is C10H16N2O2. The lowest BCUT2D eigenvalue weighted by atomic mass is 10.1. The van der Waals surface area contributed by atoms with E-state index in [0.29, 0.717) is 12.0 Å². The number of nitrogens with zero attached hydrogens (tertiary/aromatic N) is 1. The van der Waals surface area contributed by atoms with Crippen LogP contribution in [0.25, 0.3) is 0 Å². The highest BCUT2D eigenvalue weighted by Gasteiger charge is 2.30. The van der Waals surface area contributed by atoms with Gasteiger partial charge in [-0.2, -0.15) is 0 Å². The maximum absolute atomic E-state index is 10.8. The molecule has 4 heteroatoms. The highest BCUT2D eigenvalue weighted by Crippen LogP contribution is 2.24. The molecule has 0 bridgehead atoms. The van der Waals surface area contributed by atoms with Crippen molar-refractivity contribution in [2.24, 2.45) is 5.73 Å². The zero-order chi connectivity index (χ0) is 10.6. The van der Waals surface area contributed by atoms with Crippen LogP contribution in [0.1, 0.15) is 12.8 Å². The van der Waals surface area contributed by atoms with Gasteiger partial charge in [0.25, 0.3) is 0 Å². The quantitative estimate of drug-likeness (QED) is 0.379. The Balaban J connectivity index is 2.75. The second kappa shape index (κ2) is 4.93. The first-order chi connectivity index (χ1) is 6.70. The Labute approximate surface area is 83.7 Å². The highest BCUT2D eigenvalue weighted by atomic mass is 16.3. The number of aliphatic hydroxyl groups is 1. The highest BCUT2D eigenvalue weighted by molar-refractivity contribution is 5.75. The third kappa shape index (κ3) is 2.21. The first kappa shape index (κ1) is 10.9. The van der Waals surface area contributed by atoms with Crippen LogP contribution in [-0.4, -0.2) is 35.6 Å². The summed E-state index contributed by atoms with van der Waals surface area (Å²) in [6.07, 6.45) is 6.59. The summed E-state index contributed by atoms with van der Waals surface area (Å²) in [7, 11) is 1.81. The van der Waals surface area contributed by atoms with Crippen LogP contribution in [0, 0.1) is 0 Å². The van der Waals surface area contributed by atoms with Gasteiger partial charge in [-0.1, -0.05) is 6.08 Å². The number of carbonyl (C=O) groups excluding carboxylic acids is 1. The summed E-state index contributed by atoms with van der Waals surface area (Å²) in [5.74, 6) is 0. The first-order valence-electron chi connectivity index (χ1n) is 4.64. The van der Waals surface area contributed by atoms with Crippen molar-refractivity contribution in [2.75, 3.05) is 7.05 Å². The summed E-state index contributed by atoms with van der Waals surface area (Å²) in [6.45, 7) is 0. The number of carbonyl (C=O) groups is 1. The molecule has 0 aromatic heterocycles. The molecule has 78 valence electrons. The minimum atomic E-state index is -0.440. The van der Waals surface area contributed by atoms with E-state index in [0.717, 1.165) is 12.7 Å². The lowest BCUT2D eigenvalue weighted by molar-refractivity contribution is -0.105.